The molecule has 5 aromatic rings. The molecule has 4 aromatic carbocycles. The summed E-state index contributed by atoms with van der Waals surface area (Å²) in [5, 5.41) is 2.32. The van der Waals surface area contributed by atoms with E-state index in [-0.39, 0.29) is 5.78 Å². The second-order valence-corrected chi connectivity index (χ2v) is 8.48. The van der Waals surface area contributed by atoms with Crippen LogP contribution in [0.5, 0.6) is 5.75 Å². The number of benzene rings is 4. The third-order valence-corrected chi connectivity index (χ3v) is 6.18. The van der Waals surface area contributed by atoms with Crippen LogP contribution in [0.3, 0.4) is 0 Å². The van der Waals surface area contributed by atoms with Crippen LogP contribution in [0.2, 0.25) is 0 Å². The topological polar surface area (TPSA) is 34.5 Å². The molecule has 0 unspecified atom stereocenters. The summed E-state index contributed by atoms with van der Waals surface area (Å²) in [4.78, 5) is 14.9. The number of fused-ring (bicyclic) bond motifs is 4. The van der Waals surface area contributed by atoms with Crippen LogP contribution in [0, 0.1) is 0 Å². The van der Waals surface area contributed by atoms with Crippen molar-refractivity contribution < 1.29 is 9.53 Å². The first-order chi connectivity index (χ1) is 16.1. The molecule has 0 fully saturated rings. The Morgan fingerprint density at radius 1 is 0.788 bits per heavy atom. The first kappa shape index (κ1) is 19.4. The van der Waals surface area contributed by atoms with Crippen LogP contribution in [-0.4, -0.2) is 24.4 Å². The van der Waals surface area contributed by atoms with Crippen molar-refractivity contribution in [3.05, 3.63) is 108 Å². The maximum absolute atomic E-state index is 12.9. The van der Waals surface area contributed by atoms with E-state index >= 15 is 0 Å². The SMILES string of the molecule is CN(C)c1ccc2c(c1)O/C(=C/c1ccc3c(c1)c1ccccc1n3-c1ccccc1)C2=O. The number of Topliss-reactive ketones (excluding diaryl/α,β-unsaturated/α-hetero) is 1. The van der Waals surface area contributed by atoms with E-state index in [1.165, 1.54) is 5.39 Å². The summed E-state index contributed by atoms with van der Waals surface area (Å²) in [6.07, 6.45) is 1.84. The van der Waals surface area contributed by atoms with Crippen LogP contribution < -0.4 is 9.64 Å². The molecule has 0 spiro atoms. The molecule has 160 valence electrons. The van der Waals surface area contributed by atoms with Crippen LogP contribution in [0.15, 0.2) is 96.8 Å². The van der Waals surface area contributed by atoms with Crippen molar-refractivity contribution in [2.24, 2.45) is 0 Å². The normalized spacial score (nSPS) is 14.1. The standard InChI is InChI=1S/C29H22N2O2/c1-30(2)21-13-14-23-27(18-21)33-28(29(23)32)17-19-12-15-26-24(16-19)22-10-6-7-11-25(22)31(26)20-8-4-3-5-9-20/h3-18H,1-2H3/b28-17+. The number of hydrogen-bond acceptors (Lipinski definition) is 3. The minimum Gasteiger partial charge on any atom is -0.452 e. The highest BCUT2D eigenvalue weighted by Gasteiger charge is 2.27. The predicted molar refractivity (Wildman–Crippen MR) is 134 cm³/mol. The fourth-order valence-corrected chi connectivity index (χ4v) is 4.54. The number of allylic oxidation sites excluding steroid dienone is 1. The Bertz CT molecular complexity index is 1580. The molecule has 0 amide bonds. The Morgan fingerprint density at radius 2 is 1.55 bits per heavy atom. The molecule has 6 rings (SSSR count). The summed E-state index contributed by atoms with van der Waals surface area (Å²) in [6, 6.07) is 30.7. The van der Waals surface area contributed by atoms with Crippen LogP contribution in [-0.2, 0) is 0 Å². The molecule has 0 saturated carbocycles. The van der Waals surface area contributed by atoms with Crippen molar-refractivity contribution in [2.75, 3.05) is 19.0 Å². The Morgan fingerprint density at radius 3 is 2.36 bits per heavy atom. The van der Waals surface area contributed by atoms with Crippen LogP contribution in [0.1, 0.15) is 15.9 Å². The molecule has 2 heterocycles. The highest BCUT2D eigenvalue weighted by Crippen LogP contribution is 2.36. The molecule has 1 aromatic heterocycles. The monoisotopic (exact) mass is 430 g/mol. The maximum atomic E-state index is 12.9. The van der Waals surface area contributed by atoms with Gasteiger partial charge in [-0.1, -0.05) is 42.5 Å². The molecule has 4 heteroatoms. The van der Waals surface area contributed by atoms with Crippen LogP contribution in [0.4, 0.5) is 5.69 Å². The van der Waals surface area contributed by atoms with E-state index in [0.29, 0.717) is 17.1 Å². The molecule has 1 aliphatic heterocycles. The average molecular weight is 431 g/mol. The van der Waals surface area contributed by atoms with Gasteiger partial charge in [0, 0.05) is 42.3 Å². The number of ketones is 1. The third-order valence-electron chi connectivity index (χ3n) is 6.18. The van der Waals surface area contributed by atoms with Gasteiger partial charge in [0.25, 0.3) is 0 Å². The lowest BCUT2D eigenvalue weighted by molar-refractivity contribution is 0.101. The van der Waals surface area contributed by atoms with Gasteiger partial charge in [-0.05, 0) is 54.1 Å². The summed E-state index contributed by atoms with van der Waals surface area (Å²) >= 11 is 0. The van der Waals surface area contributed by atoms with Gasteiger partial charge < -0.3 is 14.2 Å². The van der Waals surface area contributed by atoms with Gasteiger partial charge in [-0.3, -0.25) is 4.79 Å². The van der Waals surface area contributed by atoms with Gasteiger partial charge in [-0.15, -0.1) is 0 Å². The first-order valence-electron chi connectivity index (χ1n) is 10.9. The lowest BCUT2D eigenvalue weighted by atomic mass is 10.1. The van der Waals surface area contributed by atoms with Crippen molar-refractivity contribution in [1.82, 2.24) is 4.57 Å². The number of aromatic nitrogens is 1. The summed E-state index contributed by atoms with van der Waals surface area (Å²) < 4.78 is 8.24. The Balaban J connectivity index is 1.47. The second-order valence-electron chi connectivity index (χ2n) is 8.48. The maximum Gasteiger partial charge on any atom is 0.231 e. The molecule has 33 heavy (non-hydrogen) atoms. The van der Waals surface area contributed by atoms with E-state index in [4.69, 9.17) is 4.74 Å². The summed E-state index contributed by atoms with van der Waals surface area (Å²) in [7, 11) is 3.94. The van der Waals surface area contributed by atoms with Gasteiger partial charge in [0.2, 0.25) is 5.78 Å². The fraction of sp³-hybridized carbons (Fsp3) is 0.0690. The number of anilines is 1. The van der Waals surface area contributed by atoms with E-state index in [1.54, 1.807) is 0 Å². The fourth-order valence-electron chi connectivity index (χ4n) is 4.54. The molecular formula is C29H22N2O2. The van der Waals surface area contributed by atoms with Gasteiger partial charge in [-0.2, -0.15) is 0 Å². The molecule has 0 N–H and O–H groups in total. The second kappa shape index (κ2) is 7.38. The number of carbonyl (C=O) groups is 1. The zero-order chi connectivity index (χ0) is 22.5. The molecule has 0 aliphatic carbocycles. The lowest BCUT2D eigenvalue weighted by Gasteiger charge is -2.12. The van der Waals surface area contributed by atoms with Gasteiger partial charge in [-0.25, -0.2) is 0 Å². The highest BCUT2D eigenvalue weighted by atomic mass is 16.5. The van der Waals surface area contributed by atoms with Crippen molar-refractivity contribution >= 4 is 39.4 Å². The largest absolute Gasteiger partial charge is 0.452 e. The lowest BCUT2D eigenvalue weighted by Crippen LogP contribution is -2.08. The van der Waals surface area contributed by atoms with Gasteiger partial charge in [0.1, 0.15) is 5.75 Å². The van der Waals surface area contributed by atoms with E-state index in [0.717, 1.165) is 33.4 Å². The molecule has 0 radical (unpaired) electrons. The van der Waals surface area contributed by atoms with E-state index < -0.39 is 0 Å². The molecule has 0 saturated heterocycles. The summed E-state index contributed by atoms with van der Waals surface area (Å²) in [5.41, 5.74) is 5.94. The minimum absolute atomic E-state index is 0.0814. The highest BCUT2D eigenvalue weighted by molar-refractivity contribution is 6.15. The van der Waals surface area contributed by atoms with Crippen molar-refractivity contribution in [3.63, 3.8) is 0 Å². The predicted octanol–water partition coefficient (Wildman–Crippen LogP) is 6.47. The molecule has 0 bridgehead atoms. The molecule has 4 nitrogen and oxygen atoms in total. The van der Waals surface area contributed by atoms with E-state index in [1.807, 2.05) is 55.4 Å². The number of ether oxygens (including phenoxy) is 1. The Labute approximate surface area is 191 Å². The van der Waals surface area contributed by atoms with Gasteiger partial charge in [0.05, 0.1) is 16.6 Å². The zero-order valence-corrected chi connectivity index (χ0v) is 18.4. The smallest absolute Gasteiger partial charge is 0.231 e. The summed E-state index contributed by atoms with van der Waals surface area (Å²) in [6.45, 7) is 0. The number of rotatable bonds is 3. The third kappa shape index (κ3) is 3.11. The first-order valence-corrected chi connectivity index (χ1v) is 10.9. The molecule has 1 aliphatic rings. The summed E-state index contributed by atoms with van der Waals surface area (Å²) in [5.74, 6) is 0.883. The minimum atomic E-state index is -0.0814. The molecular weight excluding hydrogens is 408 g/mol. The van der Waals surface area contributed by atoms with Gasteiger partial charge >= 0.3 is 0 Å². The Kier molecular flexibility index (Phi) is 4.34. The van der Waals surface area contributed by atoms with Crippen molar-refractivity contribution in [2.45, 2.75) is 0 Å². The zero-order valence-electron chi connectivity index (χ0n) is 18.4. The van der Waals surface area contributed by atoms with Crippen LogP contribution >= 0.6 is 0 Å². The average Bonchev–Trinajstić information content (AvgIpc) is 3.33. The van der Waals surface area contributed by atoms with Crippen molar-refractivity contribution in [1.29, 1.82) is 0 Å². The quantitative estimate of drug-likeness (QED) is 0.308. The van der Waals surface area contributed by atoms with Gasteiger partial charge in [0.15, 0.2) is 5.76 Å². The number of nitrogens with zero attached hydrogens (tertiary/aromatic N) is 2. The van der Waals surface area contributed by atoms with E-state index in [2.05, 4.69) is 65.2 Å². The Hall–Kier alpha value is -4.31. The molecule has 0 atom stereocenters. The van der Waals surface area contributed by atoms with Crippen molar-refractivity contribution in [3.8, 4) is 11.4 Å². The number of hydrogen-bond donors (Lipinski definition) is 0. The van der Waals surface area contributed by atoms with Crippen LogP contribution in [0.25, 0.3) is 33.6 Å². The number of para-hydroxylation sites is 2. The van der Waals surface area contributed by atoms with E-state index in [9.17, 15) is 4.79 Å². The number of carbonyl (C=O) groups excluding carboxylic acids is 1.